The maximum atomic E-state index is 12.1. The Labute approximate surface area is 134 Å². The van der Waals surface area contributed by atoms with Gasteiger partial charge in [0.1, 0.15) is 0 Å². The summed E-state index contributed by atoms with van der Waals surface area (Å²) >= 11 is 3.44. The van der Waals surface area contributed by atoms with Gasteiger partial charge in [0, 0.05) is 29.8 Å². The van der Waals surface area contributed by atoms with Gasteiger partial charge in [-0.05, 0) is 54.5 Å². The van der Waals surface area contributed by atoms with E-state index in [9.17, 15) is 4.79 Å². The number of carbonyl (C=O) groups excluding carboxylic acids is 1. The van der Waals surface area contributed by atoms with Crippen molar-refractivity contribution < 1.29 is 4.79 Å². The fourth-order valence-electron chi connectivity index (χ4n) is 1.99. The number of ketones is 1. The first-order valence-electron chi connectivity index (χ1n) is 6.79. The molecule has 0 atom stereocenters. The van der Waals surface area contributed by atoms with Gasteiger partial charge >= 0.3 is 0 Å². The molecule has 0 saturated carbocycles. The number of nitrogens with zero attached hydrogens (tertiary/aromatic N) is 1. The minimum absolute atomic E-state index is 0.0373. The zero-order valence-electron chi connectivity index (χ0n) is 12.2. The third-order valence-electron chi connectivity index (χ3n) is 3.18. The molecule has 0 bridgehead atoms. The Morgan fingerprint density at radius 2 is 1.86 bits per heavy atom. The third-order valence-corrected chi connectivity index (χ3v) is 3.67. The van der Waals surface area contributed by atoms with Crippen molar-refractivity contribution in [1.82, 2.24) is 0 Å². The second-order valence-corrected chi connectivity index (χ2v) is 5.96. The van der Waals surface area contributed by atoms with Crippen LogP contribution < -0.4 is 4.90 Å². The number of hydrogen-bond donors (Lipinski definition) is 0. The number of halogens is 1. The molecule has 2 aromatic carbocycles. The Balaban J connectivity index is 1.99. The number of rotatable bonds is 5. The van der Waals surface area contributed by atoms with Crippen molar-refractivity contribution in [3.63, 3.8) is 0 Å². The van der Waals surface area contributed by atoms with E-state index in [-0.39, 0.29) is 5.78 Å². The van der Waals surface area contributed by atoms with Gasteiger partial charge in [-0.25, -0.2) is 0 Å². The van der Waals surface area contributed by atoms with E-state index in [1.165, 1.54) is 5.56 Å². The predicted octanol–water partition coefficient (Wildman–Crippen LogP) is 4.50. The zero-order chi connectivity index (χ0) is 15.2. The van der Waals surface area contributed by atoms with E-state index < -0.39 is 0 Å². The van der Waals surface area contributed by atoms with Gasteiger partial charge in [-0.15, -0.1) is 0 Å². The van der Waals surface area contributed by atoms with E-state index in [0.717, 1.165) is 16.6 Å². The first kappa shape index (κ1) is 15.5. The van der Waals surface area contributed by atoms with Crippen LogP contribution in [0.5, 0.6) is 0 Å². The van der Waals surface area contributed by atoms with Crippen molar-refractivity contribution in [3.8, 4) is 0 Å². The van der Waals surface area contributed by atoms with Crippen molar-refractivity contribution >= 4 is 27.4 Å². The highest BCUT2D eigenvalue weighted by atomic mass is 79.9. The summed E-state index contributed by atoms with van der Waals surface area (Å²) in [5, 5.41) is 0. The lowest BCUT2D eigenvalue weighted by atomic mass is 10.1. The Morgan fingerprint density at radius 3 is 2.48 bits per heavy atom. The van der Waals surface area contributed by atoms with Crippen LogP contribution in [0.4, 0.5) is 5.69 Å². The van der Waals surface area contributed by atoms with E-state index in [1.807, 2.05) is 67.5 Å². The van der Waals surface area contributed by atoms with E-state index in [4.69, 9.17) is 0 Å². The van der Waals surface area contributed by atoms with Crippen LogP contribution in [0.1, 0.15) is 15.9 Å². The van der Waals surface area contributed by atoms with Gasteiger partial charge in [0.15, 0.2) is 5.78 Å². The molecule has 0 spiro atoms. The summed E-state index contributed by atoms with van der Waals surface area (Å²) in [6, 6.07) is 15.7. The zero-order valence-corrected chi connectivity index (χ0v) is 13.8. The number of hydrogen-bond acceptors (Lipinski definition) is 2. The lowest BCUT2D eigenvalue weighted by Gasteiger charge is -2.11. The first-order valence-corrected chi connectivity index (χ1v) is 7.58. The van der Waals surface area contributed by atoms with Gasteiger partial charge in [-0.2, -0.15) is 0 Å². The van der Waals surface area contributed by atoms with E-state index in [2.05, 4.69) is 22.0 Å². The summed E-state index contributed by atoms with van der Waals surface area (Å²) in [6.45, 7) is 0. The molecule has 3 heteroatoms. The highest BCUT2D eigenvalue weighted by Crippen LogP contribution is 2.14. The van der Waals surface area contributed by atoms with Crippen LogP contribution in [-0.2, 0) is 6.42 Å². The Morgan fingerprint density at radius 1 is 1.14 bits per heavy atom. The van der Waals surface area contributed by atoms with Crippen LogP contribution in [0.25, 0.3) is 0 Å². The summed E-state index contributed by atoms with van der Waals surface area (Å²) < 4.78 is 1.05. The minimum Gasteiger partial charge on any atom is -0.378 e. The van der Waals surface area contributed by atoms with Gasteiger partial charge in [-0.1, -0.05) is 34.1 Å². The molecule has 2 nitrogen and oxygen atoms in total. The standard InChI is InChI=1S/C18H18BrNO/c1-20(2)17-11-9-15(10-12-17)18(21)8-4-6-14-5-3-7-16(19)13-14/h3-5,7-13H,6H2,1-2H3. The average Bonchev–Trinajstić information content (AvgIpc) is 2.47. The largest absolute Gasteiger partial charge is 0.378 e. The second kappa shape index (κ2) is 7.23. The molecule has 0 aliphatic carbocycles. The van der Waals surface area contributed by atoms with Crippen molar-refractivity contribution in [1.29, 1.82) is 0 Å². The molecule has 108 valence electrons. The maximum absolute atomic E-state index is 12.1. The van der Waals surface area contributed by atoms with Gasteiger partial charge < -0.3 is 4.90 Å². The Bertz CT molecular complexity index is 645. The summed E-state index contributed by atoms with van der Waals surface area (Å²) in [7, 11) is 3.96. The monoisotopic (exact) mass is 343 g/mol. The lowest BCUT2D eigenvalue weighted by Crippen LogP contribution is -2.08. The maximum Gasteiger partial charge on any atom is 0.185 e. The molecule has 0 unspecified atom stereocenters. The first-order chi connectivity index (χ1) is 10.1. The average molecular weight is 344 g/mol. The number of benzene rings is 2. The van der Waals surface area contributed by atoms with Crippen LogP contribution in [0.3, 0.4) is 0 Å². The summed E-state index contributed by atoms with van der Waals surface area (Å²) in [4.78, 5) is 14.1. The van der Waals surface area contributed by atoms with E-state index in [1.54, 1.807) is 6.08 Å². The molecule has 21 heavy (non-hydrogen) atoms. The number of carbonyl (C=O) groups is 1. The molecule has 0 fully saturated rings. The molecule has 0 aromatic heterocycles. The normalized spacial score (nSPS) is 10.8. The fraction of sp³-hybridized carbons (Fsp3) is 0.167. The molecule has 0 N–H and O–H groups in total. The van der Waals surface area contributed by atoms with Gasteiger partial charge in [0.05, 0.1) is 0 Å². The Hall–Kier alpha value is -1.87. The van der Waals surface area contributed by atoms with Crippen LogP contribution in [0, 0.1) is 0 Å². The van der Waals surface area contributed by atoms with Crippen LogP contribution in [0.15, 0.2) is 65.2 Å². The molecule has 0 saturated heterocycles. The van der Waals surface area contributed by atoms with Gasteiger partial charge in [0.2, 0.25) is 0 Å². The topological polar surface area (TPSA) is 20.3 Å². The van der Waals surface area contributed by atoms with Crippen molar-refractivity contribution in [2.24, 2.45) is 0 Å². The number of anilines is 1. The quantitative estimate of drug-likeness (QED) is 0.588. The summed E-state index contributed by atoms with van der Waals surface area (Å²) in [6.07, 6.45) is 4.30. The summed E-state index contributed by atoms with van der Waals surface area (Å²) in [5.74, 6) is 0.0373. The fourth-order valence-corrected chi connectivity index (χ4v) is 2.43. The van der Waals surface area contributed by atoms with E-state index >= 15 is 0 Å². The van der Waals surface area contributed by atoms with Crippen molar-refractivity contribution in [2.75, 3.05) is 19.0 Å². The van der Waals surface area contributed by atoms with Crippen molar-refractivity contribution in [2.45, 2.75) is 6.42 Å². The highest BCUT2D eigenvalue weighted by molar-refractivity contribution is 9.10. The molecule has 0 amide bonds. The van der Waals surface area contributed by atoms with Crippen LogP contribution in [0.2, 0.25) is 0 Å². The highest BCUT2D eigenvalue weighted by Gasteiger charge is 2.02. The second-order valence-electron chi connectivity index (χ2n) is 5.04. The third kappa shape index (κ3) is 4.57. The van der Waals surface area contributed by atoms with E-state index in [0.29, 0.717) is 5.56 Å². The molecule has 2 aromatic rings. The van der Waals surface area contributed by atoms with Gasteiger partial charge in [0.25, 0.3) is 0 Å². The van der Waals surface area contributed by atoms with Crippen LogP contribution >= 0.6 is 15.9 Å². The summed E-state index contributed by atoms with van der Waals surface area (Å²) in [5.41, 5.74) is 2.98. The van der Waals surface area contributed by atoms with Gasteiger partial charge in [-0.3, -0.25) is 4.79 Å². The smallest absolute Gasteiger partial charge is 0.185 e. The van der Waals surface area contributed by atoms with Crippen molar-refractivity contribution in [3.05, 3.63) is 76.3 Å². The molecular weight excluding hydrogens is 326 g/mol. The Kier molecular flexibility index (Phi) is 5.34. The predicted molar refractivity (Wildman–Crippen MR) is 92.1 cm³/mol. The molecule has 0 aliphatic rings. The molecule has 0 heterocycles. The molecule has 2 rings (SSSR count). The van der Waals surface area contributed by atoms with Crippen LogP contribution in [-0.4, -0.2) is 19.9 Å². The molecule has 0 radical (unpaired) electrons. The SMILES string of the molecule is CN(C)c1ccc(C(=O)C=CCc2cccc(Br)c2)cc1. The molecule has 0 aliphatic heterocycles. The number of allylic oxidation sites excluding steroid dienone is 2. The molecular formula is C18H18BrNO. The lowest BCUT2D eigenvalue weighted by molar-refractivity contribution is 0.104. The minimum atomic E-state index is 0.0373.